The first-order valence-electron chi connectivity index (χ1n) is 10.9. The molecule has 0 N–H and O–H groups in total. The monoisotopic (exact) mass is 427 g/mol. The van der Waals surface area contributed by atoms with E-state index in [-0.39, 0.29) is 11.7 Å². The van der Waals surface area contributed by atoms with Crippen molar-refractivity contribution in [2.24, 2.45) is 5.92 Å². The Morgan fingerprint density at radius 3 is 2.45 bits per heavy atom. The van der Waals surface area contributed by atoms with Gasteiger partial charge >= 0.3 is 0 Å². The van der Waals surface area contributed by atoms with Crippen molar-refractivity contribution < 1.29 is 9.59 Å². The van der Waals surface area contributed by atoms with Gasteiger partial charge in [0.1, 0.15) is 0 Å². The van der Waals surface area contributed by atoms with E-state index >= 15 is 0 Å². The molecule has 0 aromatic heterocycles. The molecule has 0 unspecified atom stereocenters. The number of Topliss-reactive ketones (excluding diaryl/α,β-unsaturated/α-hetero) is 1. The number of benzene rings is 3. The van der Waals surface area contributed by atoms with Crippen molar-refractivity contribution >= 4 is 23.5 Å². The van der Waals surface area contributed by atoms with Crippen LogP contribution in [0.15, 0.2) is 82.6 Å². The fourth-order valence-electron chi connectivity index (χ4n) is 4.59. The topological polar surface area (TPSA) is 37.4 Å². The molecule has 2 heterocycles. The van der Waals surface area contributed by atoms with Crippen LogP contribution >= 0.6 is 11.8 Å². The molecule has 156 valence electrons. The molecular weight excluding hydrogens is 402 g/mol. The molecule has 31 heavy (non-hydrogen) atoms. The van der Waals surface area contributed by atoms with E-state index in [0.717, 1.165) is 53.3 Å². The van der Waals surface area contributed by atoms with Crippen LogP contribution in [-0.2, 0) is 12.8 Å². The number of carbonyl (C=O) groups is 2. The van der Waals surface area contributed by atoms with Crippen molar-refractivity contribution in [2.45, 2.75) is 35.5 Å². The highest BCUT2D eigenvalue weighted by Crippen LogP contribution is 2.37. The van der Waals surface area contributed by atoms with Crippen LogP contribution in [0.3, 0.4) is 0 Å². The maximum atomic E-state index is 13.2. The maximum Gasteiger partial charge on any atom is 0.253 e. The summed E-state index contributed by atoms with van der Waals surface area (Å²) in [5, 5.41) is 0. The van der Waals surface area contributed by atoms with E-state index in [1.807, 2.05) is 47.4 Å². The third-order valence-corrected chi connectivity index (χ3v) is 7.53. The number of ketones is 1. The molecule has 2 aliphatic rings. The van der Waals surface area contributed by atoms with Crippen LogP contribution in [0.4, 0.5) is 0 Å². The summed E-state index contributed by atoms with van der Waals surface area (Å²) < 4.78 is 0. The minimum Gasteiger partial charge on any atom is -0.339 e. The minimum atomic E-state index is 0.0835. The molecule has 0 radical (unpaired) electrons. The number of hydrogen-bond donors (Lipinski definition) is 0. The fraction of sp³-hybridized carbons (Fsp3) is 0.259. The standard InChI is InChI=1S/C27H25NO2S/c29-24-18-22-17-21(10-11-25(22)31-26-9-5-4-8-23(24)26)27(30)28-14-12-20(13-15-28)16-19-6-2-1-3-7-19/h1-11,17,20H,12-16,18H2. The lowest BCUT2D eigenvalue weighted by atomic mass is 9.90. The van der Waals surface area contributed by atoms with Crippen molar-refractivity contribution in [3.63, 3.8) is 0 Å². The van der Waals surface area contributed by atoms with Crippen molar-refractivity contribution in [3.05, 3.63) is 95.1 Å². The molecular formula is C27H25NO2S. The molecule has 3 nitrogen and oxygen atoms in total. The van der Waals surface area contributed by atoms with Crippen LogP contribution in [-0.4, -0.2) is 29.7 Å². The summed E-state index contributed by atoms with van der Waals surface area (Å²) in [4.78, 5) is 29.9. The molecule has 0 saturated carbocycles. The first-order chi connectivity index (χ1) is 15.2. The molecule has 0 atom stereocenters. The van der Waals surface area contributed by atoms with E-state index in [4.69, 9.17) is 0 Å². The Morgan fingerprint density at radius 1 is 0.903 bits per heavy atom. The first-order valence-corrected chi connectivity index (χ1v) is 11.8. The average Bonchev–Trinajstić information content (AvgIpc) is 2.95. The highest BCUT2D eigenvalue weighted by molar-refractivity contribution is 7.99. The quantitative estimate of drug-likeness (QED) is 0.540. The zero-order chi connectivity index (χ0) is 21.2. The van der Waals surface area contributed by atoms with Crippen molar-refractivity contribution in [1.29, 1.82) is 0 Å². The van der Waals surface area contributed by atoms with Gasteiger partial charge in [-0.2, -0.15) is 0 Å². The lowest BCUT2D eigenvalue weighted by Crippen LogP contribution is -2.39. The summed E-state index contributed by atoms with van der Waals surface area (Å²) >= 11 is 1.62. The fourth-order valence-corrected chi connectivity index (χ4v) is 5.67. The highest BCUT2D eigenvalue weighted by atomic mass is 32.2. The van der Waals surface area contributed by atoms with Gasteiger partial charge in [-0.3, -0.25) is 9.59 Å². The van der Waals surface area contributed by atoms with E-state index in [9.17, 15) is 9.59 Å². The van der Waals surface area contributed by atoms with Crippen LogP contribution in [0.1, 0.15) is 44.7 Å². The number of carbonyl (C=O) groups excluding carboxylic acids is 2. The molecule has 1 saturated heterocycles. The molecule has 3 aromatic carbocycles. The second-order valence-corrected chi connectivity index (χ2v) is 9.53. The van der Waals surface area contributed by atoms with Gasteiger partial charge < -0.3 is 4.90 Å². The van der Waals surface area contributed by atoms with Crippen LogP contribution in [0, 0.1) is 5.92 Å². The second kappa shape index (κ2) is 8.72. The van der Waals surface area contributed by atoms with E-state index in [1.165, 1.54) is 5.56 Å². The van der Waals surface area contributed by atoms with E-state index in [1.54, 1.807) is 11.8 Å². The van der Waals surface area contributed by atoms with Gasteiger partial charge in [0.05, 0.1) is 0 Å². The minimum absolute atomic E-state index is 0.0835. The lowest BCUT2D eigenvalue weighted by Gasteiger charge is -2.32. The number of fused-ring (bicyclic) bond motifs is 2. The first kappa shape index (κ1) is 20.1. The molecule has 4 heteroatoms. The molecule has 0 spiro atoms. The second-order valence-electron chi connectivity index (χ2n) is 8.45. The Labute approximate surface area is 187 Å². The van der Waals surface area contributed by atoms with Gasteiger partial charge in [0.15, 0.2) is 5.78 Å². The molecule has 1 fully saturated rings. The summed E-state index contributed by atoms with van der Waals surface area (Å²) in [5.74, 6) is 0.833. The molecule has 2 aliphatic heterocycles. The van der Waals surface area contributed by atoms with Gasteiger partial charge in [0.2, 0.25) is 0 Å². The number of hydrogen-bond acceptors (Lipinski definition) is 3. The van der Waals surface area contributed by atoms with Gasteiger partial charge in [-0.1, -0.05) is 60.3 Å². The molecule has 0 aliphatic carbocycles. The number of amides is 1. The normalized spacial score (nSPS) is 16.4. The molecule has 5 rings (SSSR count). The summed E-state index contributed by atoms with van der Waals surface area (Å²) in [5.41, 5.74) is 3.80. The Hall–Kier alpha value is -2.85. The molecule has 0 bridgehead atoms. The Balaban J connectivity index is 1.27. The van der Waals surface area contributed by atoms with Crippen LogP contribution in [0.25, 0.3) is 0 Å². The SMILES string of the molecule is O=C1Cc2cc(C(=O)N3CCC(Cc4ccccc4)CC3)ccc2Sc2ccccc21. The highest BCUT2D eigenvalue weighted by Gasteiger charge is 2.26. The Morgan fingerprint density at radius 2 is 1.65 bits per heavy atom. The zero-order valence-electron chi connectivity index (χ0n) is 17.4. The van der Waals surface area contributed by atoms with Gasteiger partial charge in [0.25, 0.3) is 5.91 Å². The summed E-state index contributed by atoms with van der Waals surface area (Å²) in [7, 11) is 0. The molecule has 3 aromatic rings. The van der Waals surface area contributed by atoms with E-state index in [2.05, 4.69) is 30.3 Å². The zero-order valence-corrected chi connectivity index (χ0v) is 18.2. The van der Waals surface area contributed by atoms with Crippen LogP contribution in [0.5, 0.6) is 0 Å². The summed E-state index contributed by atoms with van der Waals surface area (Å²) in [6.45, 7) is 1.60. The van der Waals surface area contributed by atoms with Gasteiger partial charge in [-0.15, -0.1) is 0 Å². The summed E-state index contributed by atoms with van der Waals surface area (Å²) in [6.07, 6.45) is 3.51. The Kier molecular flexibility index (Phi) is 5.65. The molecule has 1 amide bonds. The van der Waals surface area contributed by atoms with Gasteiger partial charge in [-0.05, 0) is 60.6 Å². The predicted molar refractivity (Wildman–Crippen MR) is 124 cm³/mol. The number of rotatable bonds is 3. The maximum absolute atomic E-state index is 13.2. The van der Waals surface area contributed by atoms with Gasteiger partial charge in [0, 0.05) is 40.4 Å². The number of nitrogens with zero attached hydrogens (tertiary/aromatic N) is 1. The van der Waals surface area contributed by atoms with Crippen LogP contribution in [0.2, 0.25) is 0 Å². The van der Waals surface area contributed by atoms with Gasteiger partial charge in [-0.25, -0.2) is 0 Å². The van der Waals surface area contributed by atoms with Crippen molar-refractivity contribution in [2.75, 3.05) is 13.1 Å². The van der Waals surface area contributed by atoms with Crippen molar-refractivity contribution in [1.82, 2.24) is 4.90 Å². The smallest absolute Gasteiger partial charge is 0.253 e. The summed E-state index contributed by atoms with van der Waals surface area (Å²) in [6, 6.07) is 24.2. The lowest BCUT2D eigenvalue weighted by molar-refractivity contribution is 0.0690. The number of likely N-dealkylation sites (tertiary alicyclic amines) is 1. The van der Waals surface area contributed by atoms with E-state index in [0.29, 0.717) is 17.9 Å². The number of piperidine rings is 1. The van der Waals surface area contributed by atoms with Crippen molar-refractivity contribution in [3.8, 4) is 0 Å². The third kappa shape index (κ3) is 4.31. The predicted octanol–water partition coefficient (Wildman–Crippen LogP) is 5.67. The van der Waals surface area contributed by atoms with E-state index < -0.39 is 0 Å². The van der Waals surface area contributed by atoms with Crippen LogP contribution < -0.4 is 0 Å². The largest absolute Gasteiger partial charge is 0.339 e. The third-order valence-electron chi connectivity index (χ3n) is 6.33. The Bertz CT molecular complexity index is 1120. The average molecular weight is 428 g/mol.